The van der Waals surface area contributed by atoms with Gasteiger partial charge in [0, 0.05) is 42.6 Å². The third-order valence-electron chi connectivity index (χ3n) is 3.81. The average molecular weight is 418 g/mol. The Balaban J connectivity index is 1.57. The highest BCUT2D eigenvalue weighted by Crippen LogP contribution is 2.16. The van der Waals surface area contributed by atoms with Crippen molar-refractivity contribution in [3.8, 4) is 5.75 Å². The van der Waals surface area contributed by atoms with Crippen LogP contribution < -0.4 is 4.74 Å². The molecule has 0 unspecified atom stereocenters. The largest absolute Gasteiger partial charge is 0.471 e. The SMILES string of the molecule is CCn1cc(CN(C)C(=O)c2ccn(COc3ccc(Br)cc3)n2)cn1. The van der Waals surface area contributed by atoms with E-state index in [1.807, 2.05) is 42.1 Å². The van der Waals surface area contributed by atoms with Crippen LogP contribution in [0.25, 0.3) is 0 Å². The van der Waals surface area contributed by atoms with Crippen molar-refractivity contribution in [2.45, 2.75) is 26.7 Å². The Morgan fingerprint density at radius 1 is 1.23 bits per heavy atom. The van der Waals surface area contributed by atoms with Crippen LogP contribution in [0.4, 0.5) is 0 Å². The molecule has 2 heterocycles. The van der Waals surface area contributed by atoms with Gasteiger partial charge in [-0.15, -0.1) is 0 Å². The first-order valence-electron chi connectivity index (χ1n) is 8.23. The molecule has 0 spiro atoms. The zero-order chi connectivity index (χ0) is 18.5. The maximum Gasteiger partial charge on any atom is 0.274 e. The first-order valence-corrected chi connectivity index (χ1v) is 9.03. The minimum absolute atomic E-state index is 0.142. The van der Waals surface area contributed by atoms with Gasteiger partial charge in [-0.25, -0.2) is 4.68 Å². The lowest BCUT2D eigenvalue weighted by molar-refractivity contribution is 0.0777. The van der Waals surface area contributed by atoms with Crippen LogP contribution in [0.1, 0.15) is 23.0 Å². The standard InChI is InChI=1S/C18H20BrN5O2/c1-3-23-12-14(10-20-23)11-22(2)18(25)17-8-9-24(21-17)13-26-16-6-4-15(19)5-7-16/h4-10,12H,3,11,13H2,1-2H3. The Labute approximate surface area is 160 Å². The molecule has 26 heavy (non-hydrogen) atoms. The second kappa shape index (κ2) is 8.18. The number of hydrogen-bond acceptors (Lipinski definition) is 4. The van der Waals surface area contributed by atoms with E-state index in [0.717, 1.165) is 22.3 Å². The number of amides is 1. The lowest BCUT2D eigenvalue weighted by Gasteiger charge is -2.14. The summed E-state index contributed by atoms with van der Waals surface area (Å²) in [6.45, 7) is 3.55. The normalized spacial score (nSPS) is 10.7. The molecule has 8 heteroatoms. The number of nitrogens with zero attached hydrogens (tertiary/aromatic N) is 5. The van der Waals surface area contributed by atoms with Gasteiger partial charge in [0.1, 0.15) is 5.75 Å². The topological polar surface area (TPSA) is 65.2 Å². The number of hydrogen-bond donors (Lipinski definition) is 0. The van der Waals surface area contributed by atoms with Gasteiger partial charge in [0.25, 0.3) is 5.91 Å². The fourth-order valence-corrected chi connectivity index (χ4v) is 2.69. The Bertz CT molecular complexity index is 872. The quantitative estimate of drug-likeness (QED) is 0.591. The molecule has 1 amide bonds. The van der Waals surface area contributed by atoms with Crippen LogP contribution in [0, 0.1) is 0 Å². The molecular formula is C18H20BrN5O2. The molecule has 7 nitrogen and oxygen atoms in total. The van der Waals surface area contributed by atoms with E-state index in [9.17, 15) is 4.79 Å². The third-order valence-corrected chi connectivity index (χ3v) is 4.34. The Morgan fingerprint density at radius 3 is 2.69 bits per heavy atom. The van der Waals surface area contributed by atoms with Crippen LogP contribution in [0.3, 0.4) is 0 Å². The highest BCUT2D eigenvalue weighted by atomic mass is 79.9. The molecule has 0 radical (unpaired) electrons. The van der Waals surface area contributed by atoms with E-state index in [1.165, 1.54) is 0 Å². The van der Waals surface area contributed by atoms with Crippen molar-refractivity contribution in [2.75, 3.05) is 7.05 Å². The number of carbonyl (C=O) groups is 1. The molecular weight excluding hydrogens is 398 g/mol. The number of benzene rings is 1. The van der Waals surface area contributed by atoms with Gasteiger partial charge in [0.15, 0.2) is 12.4 Å². The van der Waals surface area contributed by atoms with Crippen molar-refractivity contribution >= 4 is 21.8 Å². The number of aryl methyl sites for hydroxylation is 1. The molecule has 136 valence electrons. The molecule has 0 aliphatic rings. The molecule has 1 aromatic carbocycles. The summed E-state index contributed by atoms with van der Waals surface area (Å²) in [5, 5.41) is 8.52. The number of aromatic nitrogens is 4. The van der Waals surface area contributed by atoms with Gasteiger partial charge in [0.2, 0.25) is 0 Å². The molecule has 0 aliphatic heterocycles. The van der Waals surface area contributed by atoms with Gasteiger partial charge in [0.05, 0.1) is 6.20 Å². The molecule has 0 fully saturated rings. The summed E-state index contributed by atoms with van der Waals surface area (Å²) in [5.74, 6) is 0.596. The van der Waals surface area contributed by atoms with Gasteiger partial charge in [-0.3, -0.25) is 9.48 Å². The highest BCUT2D eigenvalue weighted by Gasteiger charge is 2.16. The summed E-state index contributed by atoms with van der Waals surface area (Å²) in [6, 6.07) is 9.24. The molecule has 0 aliphatic carbocycles. The lowest BCUT2D eigenvalue weighted by Crippen LogP contribution is -2.26. The Hall–Kier alpha value is -2.61. The second-order valence-corrected chi connectivity index (χ2v) is 6.75. The average Bonchev–Trinajstić information content (AvgIpc) is 3.30. The summed E-state index contributed by atoms with van der Waals surface area (Å²) in [6.07, 6.45) is 5.45. The minimum Gasteiger partial charge on any atom is -0.471 e. The zero-order valence-corrected chi connectivity index (χ0v) is 16.3. The van der Waals surface area contributed by atoms with Crippen molar-refractivity contribution in [1.82, 2.24) is 24.5 Å². The van der Waals surface area contributed by atoms with E-state index < -0.39 is 0 Å². The summed E-state index contributed by atoms with van der Waals surface area (Å²) < 4.78 is 10.1. The lowest BCUT2D eigenvalue weighted by atomic mass is 10.3. The molecule has 2 aromatic heterocycles. The van der Waals surface area contributed by atoms with Crippen molar-refractivity contribution in [3.05, 3.63) is 64.7 Å². The predicted molar refractivity (Wildman–Crippen MR) is 101 cm³/mol. The van der Waals surface area contributed by atoms with Gasteiger partial charge in [-0.05, 0) is 37.3 Å². The number of halogens is 1. The second-order valence-electron chi connectivity index (χ2n) is 5.83. The molecule has 0 saturated heterocycles. The number of ether oxygens (including phenoxy) is 1. The first-order chi connectivity index (χ1) is 12.5. The predicted octanol–water partition coefficient (Wildman–Crippen LogP) is 3.17. The fourth-order valence-electron chi connectivity index (χ4n) is 2.42. The van der Waals surface area contributed by atoms with Gasteiger partial charge < -0.3 is 9.64 Å². The molecule has 0 N–H and O–H groups in total. The number of carbonyl (C=O) groups excluding carboxylic acids is 1. The van der Waals surface area contributed by atoms with Gasteiger partial charge in [-0.1, -0.05) is 15.9 Å². The summed E-state index contributed by atoms with van der Waals surface area (Å²) in [7, 11) is 1.75. The molecule has 0 bridgehead atoms. The summed E-state index contributed by atoms with van der Waals surface area (Å²) in [5.41, 5.74) is 1.37. The van der Waals surface area contributed by atoms with Crippen molar-refractivity contribution in [2.24, 2.45) is 0 Å². The van der Waals surface area contributed by atoms with E-state index in [2.05, 4.69) is 26.1 Å². The Morgan fingerprint density at radius 2 is 2.00 bits per heavy atom. The van der Waals surface area contributed by atoms with Crippen LogP contribution in [-0.2, 0) is 19.8 Å². The molecule has 0 saturated carbocycles. The van der Waals surface area contributed by atoms with Crippen molar-refractivity contribution in [3.63, 3.8) is 0 Å². The smallest absolute Gasteiger partial charge is 0.274 e. The van der Waals surface area contributed by atoms with Crippen LogP contribution in [0.2, 0.25) is 0 Å². The van der Waals surface area contributed by atoms with E-state index in [0.29, 0.717) is 12.2 Å². The molecule has 3 rings (SSSR count). The van der Waals surface area contributed by atoms with Crippen LogP contribution in [-0.4, -0.2) is 37.4 Å². The van der Waals surface area contributed by atoms with Gasteiger partial charge in [-0.2, -0.15) is 10.2 Å². The highest BCUT2D eigenvalue weighted by molar-refractivity contribution is 9.10. The van der Waals surface area contributed by atoms with E-state index in [-0.39, 0.29) is 12.6 Å². The summed E-state index contributed by atoms with van der Waals surface area (Å²) in [4.78, 5) is 14.2. The fraction of sp³-hybridized carbons (Fsp3) is 0.278. The maximum absolute atomic E-state index is 12.5. The monoisotopic (exact) mass is 417 g/mol. The van der Waals surface area contributed by atoms with Crippen LogP contribution in [0.5, 0.6) is 5.75 Å². The summed E-state index contributed by atoms with van der Waals surface area (Å²) >= 11 is 3.38. The minimum atomic E-state index is -0.142. The van der Waals surface area contributed by atoms with E-state index in [1.54, 1.807) is 35.1 Å². The molecule has 3 aromatic rings. The van der Waals surface area contributed by atoms with Gasteiger partial charge >= 0.3 is 0 Å². The third kappa shape index (κ3) is 4.51. The van der Waals surface area contributed by atoms with Crippen molar-refractivity contribution in [1.29, 1.82) is 0 Å². The van der Waals surface area contributed by atoms with Crippen molar-refractivity contribution < 1.29 is 9.53 Å². The molecule has 0 atom stereocenters. The Kier molecular flexibility index (Phi) is 5.72. The first kappa shape index (κ1) is 18.2. The number of rotatable bonds is 7. The van der Waals surface area contributed by atoms with E-state index >= 15 is 0 Å². The maximum atomic E-state index is 12.5. The zero-order valence-electron chi connectivity index (χ0n) is 14.7. The van der Waals surface area contributed by atoms with Crippen LogP contribution in [0.15, 0.2) is 53.4 Å². The van der Waals surface area contributed by atoms with Crippen LogP contribution >= 0.6 is 15.9 Å². The van der Waals surface area contributed by atoms with E-state index in [4.69, 9.17) is 4.74 Å².